The van der Waals surface area contributed by atoms with Crippen molar-refractivity contribution in [1.82, 2.24) is 0 Å². The van der Waals surface area contributed by atoms with Gasteiger partial charge in [-0.05, 0) is 0 Å². The van der Waals surface area contributed by atoms with E-state index in [1.807, 2.05) is 0 Å². The zero-order valence-electron chi connectivity index (χ0n) is 4.80. The van der Waals surface area contributed by atoms with Gasteiger partial charge in [-0.1, -0.05) is 0 Å². The normalized spacial score (nSPS) is 10.3. The molecule has 1 unspecified atom stereocenters. The molecule has 0 aromatic heterocycles. The molecular weight excluding hydrogens is 207 g/mol. The van der Waals surface area contributed by atoms with E-state index >= 15 is 0 Å². The van der Waals surface area contributed by atoms with Gasteiger partial charge in [0.05, 0.1) is 6.42 Å². The fourth-order valence-electron chi connectivity index (χ4n) is 0.253. The summed E-state index contributed by atoms with van der Waals surface area (Å²) in [5, 5.41) is 24.1. The van der Waals surface area contributed by atoms with E-state index in [2.05, 4.69) is 0 Å². The molecule has 3 N–H and O–H groups in total. The fourth-order valence-corrected chi connectivity index (χ4v) is 0.253. The maximum atomic E-state index is 9.72. The van der Waals surface area contributed by atoms with Crippen LogP contribution in [-0.2, 0) is 26.7 Å². The van der Waals surface area contributed by atoms with Gasteiger partial charge in [-0.2, -0.15) is 0 Å². The Balaban J connectivity index is -0.000000320. The first kappa shape index (κ1) is 17.5. The molecule has 0 aliphatic carbocycles. The number of aliphatic hydroxyl groups excluding tert-OH is 1. The monoisotopic (exact) mass is 214 g/mol. The molecule has 62 valence electrons. The number of aliphatic hydroxyl groups is 1. The van der Waals surface area contributed by atoms with Crippen molar-refractivity contribution in [2.24, 2.45) is 0 Å². The van der Waals surface area contributed by atoms with Gasteiger partial charge < -0.3 is 15.3 Å². The van der Waals surface area contributed by atoms with Gasteiger partial charge in [0.15, 0.2) is 6.10 Å². The maximum absolute atomic E-state index is 9.72. The Morgan fingerprint density at radius 2 is 1.64 bits per heavy atom. The Hall–Kier alpha value is 0.419. The van der Waals surface area contributed by atoms with Crippen LogP contribution in [0, 0.1) is 0 Å². The number of rotatable bonds is 3. The van der Waals surface area contributed by atoms with Gasteiger partial charge >= 0.3 is 41.5 Å². The third-order valence-corrected chi connectivity index (χ3v) is 0.653. The predicted molar refractivity (Wildman–Crippen MR) is 33.0 cm³/mol. The van der Waals surface area contributed by atoms with Crippen molar-refractivity contribution in [2.45, 2.75) is 12.5 Å². The van der Waals surface area contributed by atoms with Gasteiger partial charge in [-0.3, -0.25) is 4.79 Å². The summed E-state index contributed by atoms with van der Waals surface area (Å²) >= 11 is 0. The average molecular weight is 214 g/mol. The van der Waals surface area contributed by atoms with E-state index in [9.17, 15) is 9.59 Å². The Bertz CT molecular complexity index is 138. The molecule has 0 amide bonds. The number of carboxylic acids is 2. The molecule has 5 nitrogen and oxygen atoms in total. The molecule has 0 aliphatic heterocycles. The zero-order chi connectivity index (χ0) is 7.44. The van der Waals surface area contributed by atoms with Crippen LogP contribution >= 0.6 is 0 Å². The van der Waals surface area contributed by atoms with E-state index in [1.165, 1.54) is 0 Å². The van der Waals surface area contributed by atoms with E-state index in [1.54, 1.807) is 0 Å². The number of carbonyl (C=O) groups is 2. The molecule has 7 heteroatoms. The molecule has 0 heterocycles. The Morgan fingerprint density at radius 3 is 1.73 bits per heavy atom. The van der Waals surface area contributed by atoms with Crippen molar-refractivity contribution in [3.8, 4) is 0 Å². The van der Waals surface area contributed by atoms with Crippen LogP contribution in [0.1, 0.15) is 6.42 Å². The quantitative estimate of drug-likeness (QED) is 0.484. The van der Waals surface area contributed by atoms with Crippen LogP contribution in [0.2, 0.25) is 0 Å². The molecule has 11 heavy (non-hydrogen) atoms. The molecule has 0 fully saturated rings. The second-order valence-electron chi connectivity index (χ2n) is 1.45. The molecule has 1 atom stereocenters. The molecule has 0 saturated carbocycles. The van der Waals surface area contributed by atoms with Crippen molar-refractivity contribution in [3.05, 3.63) is 0 Å². The van der Waals surface area contributed by atoms with Crippen molar-refractivity contribution in [1.29, 1.82) is 0 Å². The van der Waals surface area contributed by atoms with Crippen LogP contribution < -0.4 is 0 Å². The second kappa shape index (κ2) is 8.52. The summed E-state index contributed by atoms with van der Waals surface area (Å²) in [7, 11) is 0. The second-order valence-corrected chi connectivity index (χ2v) is 1.45. The molecular formula is C4H7FeNaO5. The summed E-state index contributed by atoms with van der Waals surface area (Å²) in [6, 6.07) is 0. The van der Waals surface area contributed by atoms with Crippen LogP contribution in [0.3, 0.4) is 0 Å². The van der Waals surface area contributed by atoms with E-state index in [0.29, 0.717) is 0 Å². The van der Waals surface area contributed by atoms with Crippen molar-refractivity contribution in [2.75, 3.05) is 0 Å². The molecule has 0 rings (SSSR count). The predicted octanol–water partition coefficient (Wildman–Crippen LogP) is -1.74. The molecule has 0 aliphatic rings. The summed E-state index contributed by atoms with van der Waals surface area (Å²) in [4.78, 5) is 19.4. The molecule has 0 aromatic carbocycles. The molecule has 0 aromatic rings. The van der Waals surface area contributed by atoms with Crippen molar-refractivity contribution >= 4 is 41.5 Å². The van der Waals surface area contributed by atoms with Crippen molar-refractivity contribution in [3.63, 3.8) is 0 Å². The number of carboxylic acid groups (broad SMARTS) is 2. The standard InChI is InChI=1S/C4H6O5.Fe.Na.H/c5-2(4(8)9)1-3(6)7;;;/h2,5H,1H2,(H,6,7)(H,8,9);;;. The molecule has 0 spiro atoms. The van der Waals surface area contributed by atoms with E-state index in [-0.39, 0.29) is 46.6 Å². The van der Waals surface area contributed by atoms with E-state index in [0.717, 1.165) is 0 Å². The zero-order valence-corrected chi connectivity index (χ0v) is 5.90. The van der Waals surface area contributed by atoms with E-state index in [4.69, 9.17) is 15.3 Å². The molecule has 0 radical (unpaired) electrons. The number of aliphatic carboxylic acids is 2. The van der Waals surface area contributed by atoms with Gasteiger partial charge in [-0.15, -0.1) is 0 Å². The van der Waals surface area contributed by atoms with Gasteiger partial charge in [0.2, 0.25) is 0 Å². The van der Waals surface area contributed by atoms with Crippen LogP contribution in [0.25, 0.3) is 0 Å². The van der Waals surface area contributed by atoms with Crippen LogP contribution in [0.15, 0.2) is 0 Å². The SMILES string of the molecule is O=C(O)CC(O)C(=O)O.[Fe].[NaH]. The summed E-state index contributed by atoms with van der Waals surface area (Å²) in [5.74, 6) is -2.85. The Kier molecular flexibility index (Phi) is 13.5. The third kappa shape index (κ3) is 10.4. The summed E-state index contributed by atoms with van der Waals surface area (Å²) in [6.45, 7) is 0. The summed E-state index contributed by atoms with van der Waals surface area (Å²) in [5.41, 5.74) is 0. The summed E-state index contributed by atoms with van der Waals surface area (Å²) < 4.78 is 0. The summed E-state index contributed by atoms with van der Waals surface area (Å²) in [6.07, 6.45) is -2.54. The van der Waals surface area contributed by atoms with Gasteiger partial charge in [0, 0.05) is 17.1 Å². The van der Waals surface area contributed by atoms with Crippen LogP contribution in [0.5, 0.6) is 0 Å². The first-order chi connectivity index (χ1) is 4.04. The van der Waals surface area contributed by atoms with E-state index < -0.39 is 24.5 Å². The first-order valence-corrected chi connectivity index (χ1v) is 2.16. The topological polar surface area (TPSA) is 94.8 Å². The molecule has 0 bridgehead atoms. The minimum atomic E-state index is -1.79. The van der Waals surface area contributed by atoms with Crippen LogP contribution in [0.4, 0.5) is 0 Å². The van der Waals surface area contributed by atoms with Crippen LogP contribution in [-0.4, -0.2) is 62.9 Å². The average Bonchev–Trinajstić information content (AvgIpc) is 1.63. The number of hydrogen-bond acceptors (Lipinski definition) is 3. The third-order valence-electron chi connectivity index (χ3n) is 0.653. The molecule has 0 saturated heterocycles. The van der Waals surface area contributed by atoms with Gasteiger partial charge in [0.25, 0.3) is 0 Å². The Labute approximate surface area is 95.5 Å². The first-order valence-electron chi connectivity index (χ1n) is 2.16. The fraction of sp³-hybridized carbons (Fsp3) is 0.500. The van der Waals surface area contributed by atoms with Crippen molar-refractivity contribution < 1.29 is 42.0 Å². The minimum absolute atomic E-state index is 0. The van der Waals surface area contributed by atoms with Gasteiger partial charge in [0.1, 0.15) is 0 Å². The number of hydrogen-bond donors (Lipinski definition) is 3. The van der Waals surface area contributed by atoms with Gasteiger partial charge in [-0.25, -0.2) is 4.79 Å². The Morgan fingerprint density at radius 1 is 1.27 bits per heavy atom.